The Kier molecular flexibility index (Phi) is 3.19. The Hall–Kier alpha value is -0.710. The number of aromatic nitrogens is 3. The summed E-state index contributed by atoms with van der Waals surface area (Å²) in [4.78, 5) is 0. The van der Waals surface area contributed by atoms with E-state index in [1.165, 1.54) is 0 Å². The molecule has 78 valence electrons. The topological polar surface area (TPSA) is 30.7 Å². The Morgan fingerprint density at radius 2 is 2.13 bits per heavy atom. The summed E-state index contributed by atoms with van der Waals surface area (Å²) < 4.78 is 1.79. The molecule has 0 N–H and O–H groups in total. The number of thiol groups is 1. The van der Waals surface area contributed by atoms with Crippen LogP contribution in [-0.2, 0) is 6.54 Å². The average molecular weight is 260 g/mol. The molecule has 0 aliphatic carbocycles. The van der Waals surface area contributed by atoms with E-state index >= 15 is 0 Å². The first-order valence-electron chi connectivity index (χ1n) is 4.17. The Morgan fingerprint density at radius 3 is 2.73 bits per heavy atom. The summed E-state index contributed by atoms with van der Waals surface area (Å²) in [5.74, 6) is 0. The second kappa shape index (κ2) is 4.43. The molecule has 0 fully saturated rings. The van der Waals surface area contributed by atoms with Gasteiger partial charge in [0.05, 0.1) is 6.54 Å². The molecule has 1 aromatic heterocycles. The van der Waals surface area contributed by atoms with Gasteiger partial charge in [0.25, 0.3) is 0 Å². The first-order valence-corrected chi connectivity index (χ1v) is 5.38. The van der Waals surface area contributed by atoms with Crippen LogP contribution in [0.15, 0.2) is 29.7 Å². The lowest BCUT2D eigenvalue weighted by Crippen LogP contribution is -1.99. The largest absolute Gasteiger partial charge is 0.304 e. The van der Waals surface area contributed by atoms with Crippen molar-refractivity contribution in [2.75, 3.05) is 0 Å². The average Bonchev–Trinajstić information content (AvgIpc) is 2.57. The zero-order chi connectivity index (χ0) is 10.8. The van der Waals surface area contributed by atoms with E-state index in [9.17, 15) is 0 Å². The fraction of sp³-hybridized carbons (Fsp3) is 0.111. The minimum atomic E-state index is 0.556. The van der Waals surface area contributed by atoms with Gasteiger partial charge in [-0.15, -0.1) is 22.8 Å². The molecule has 0 radical (unpaired) electrons. The molecule has 0 aliphatic rings. The minimum Gasteiger partial charge on any atom is -0.304 e. The fourth-order valence-corrected chi connectivity index (χ4v) is 1.84. The maximum atomic E-state index is 6.04. The molecule has 2 aromatic rings. The maximum absolute atomic E-state index is 6.04. The van der Waals surface area contributed by atoms with E-state index in [1.807, 2.05) is 6.07 Å². The minimum absolute atomic E-state index is 0.556. The molecule has 3 nitrogen and oxygen atoms in total. The van der Waals surface area contributed by atoms with Crippen molar-refractivity contribution < 1.29 is 0 Å². The van der Waals surface area contributed by atoms with Gasteiger partial charge < -0.3 is 4.57 Å². The van der Waals surface area contributed by atoms with E-state index in [4.69, 9.17) is 23.2 Å². The van der Waals surface area contributed by atoms with Crippen LogP contribution in [0.1, 0.15) is 5.56 Å². The summed E-state index contributed by atoms with van der Waals surface area (Å²) in [6.07, 6.45) is 1.60. The van der Waals surface area contributed by atoms with Crippen LogP contribution in [0.4, 0.5) is 0 Å². The highest BCUT2D eigenvalue weighted by molar-refractivity contribution is 7.80. The molecule has 0 aliphatic heterocycles. The lowest BCUT2D eigenvalue weighted by Gasteiger charge is -2.05. The van der Waals surface area contributed by atoms with Gasteiger partial charge in [0.1, 0.15) is 6.33 Å². The quantitative estimate of drug-likeness (QED) is 0.841. The fourth-order valence-electron chi connectivity index (χ4n) is 1.19. The molecule has 0 saturated carbocycles. The summed E-state index contributed by atoms with van der Waals surface area (Å²) in [6, 6.07) is 5.38. The van der Waals surface area contributed by atoms with Crippen LogP contribution in [0.2, 0.25) is 10.0 Å². The molecule has 6 heteroatoms. The van der Waals surface area contributed by atoms with Crippen LogP contribution >= 0.6 is 35.8 Å². The molecule has 2 rings (SSSR count). The second-order valence-corrected chi connectivity index (χ2v) is 4.24. The molecule has 0 saturated heterocycles. The van der Waals surface area contributed by atoms with Crippen LogP contribution < -0.4 is 0 Å². The first kappa shape index (κ1) is 10.8. The Bertz CT molecular complexity index is 484. The van der Waals surface area contributed by atoms with E-state index in [0.29, 0.717) is 21.7 Å². The van der Waals surface area contributed by atoms with Crippen molar-refractivity contribution in [3.63, 3.8) is 0 Å². The standard InChI is InChI=1S/C9H7Cl2N3S/c10-7-2-1-6(8(11)3-7)4-14-5-12-13-9(14)15/h1-3,5H,4H2,(H,13,15). The second-order valence-electron chi connectivity index (χ2n) is 2.99. The highest BCUT2D eigenvalue weighted by Crippen LogP contribution is 2.22. The smallest absolute Gasteiger partial charge is 0.188 e. The van der Waals surface area contributed by atoms with Gasteiger partial charge in [0, 0.05) is 10.0 Å². The summed E-state index contributed by atoms with van der Waals surface area (Å²) in [5.41, 5.74) is 0.955. The van der Waals surface area contributed by atoms with Crippen molar-refractivity contribution in [1.29, 1.82) is 0 Å². The van der Waals surface area contributed by atoms with Crippen LogP contribution in [0.25, 0.3) is 0 Å². The van der Waals surface area contributed by atoms with Crippen LogP contribution in [0, 0.1) is 0 Å². The van der Waals surface area contributed by atoms with Gasteiger partial charge in [-0.3, -0.25) is 0 Å². The van der Waals surface area contributed by atoms with E-state index in [0.717, 1.165) is 5.56 Å². The summed E-state index contributed by atoms with van der Waals surface area (Å²) in [7, 11) is 0. The molecular formula is C9H7Cl2N3S. The number of rotatable bonds is 2. The Morgan fingerprint density at radius 1 is 1.33 bits per heavy atom. The Labute approximate surface area is 102 Å². The molecular weight excluding hydrogens is 253 g/mol. The van der Waals surface area contributed by atoms with Gasteiger partial charge in [-0.25, -0.2) is 0 Å². The lowest BCUT2D eigenvalue weighted by atomic mass is 10.2. The normalized spacial score (nSPS) is 10.6. The monoisotopic (exact) mass is 259 g/mol. The van der Waals surface area contributed by atoms with Crippen molar-refractivity contribution in [2.24, 2.45) is 0 Å². The summed E-state index contributed by atoms with van der Waals surface area (Å²) >= 11 is 16.0. The number of halogens is 2. The van der Waals surface area contributed by atoms with E-state index in [-0.39, 0.29) is 0 Å². The third-order valence-corrected chi connectivity index (χ3v) is 2.88. The molecule has 0 amide bonds. The lowest BCUT2D eigenvalue weighted by molar-refractivity contribution is 0.711. The molecule has 1 heterocycles. The van der Waals surface area contributed by atoms with Crippen LogP contribution in [0.3, 0.4) is 0 Å². The number of hydrogen-bond donors (Lipinski definition) is 1. The van der Waals surface area contributed by atoms with Gasteiger partial charge in [-0.1, -0.05) is 29.3 Å². The number of benzene rings is 1. The zero-order valence-corrected chi connectivity index (χ0v) is 9.97. The van der Waals surface area contributed by atoms with Gasteiger partial charge in [0.15, 0.2) is 5.16 Å². The van der Waals surface area contributed by atoms with Crippen LogP contribution in [0.5, 0.6) is 0 Å². The maximum Gasteiger partial charge on any atom is 0.188 e. The van der Waals surface area contributed by atoms with E-state index in [1.54, 1.807) is 23.0 Å². The van der Waals surface area contributed by atoms with Crippen molar-refractivity contribution >= 4 is 35.8 Å². The van der Waals surface area contributed by atoms with Crippen molar-refractivity contribution in [3.05, 3.63) is 40.1 Å². The molecule has 0 bridgehead atoms. The molecule has 15 heavy (non-hydrogen) atoms. The number of nitrogens with zero attached hydrogens (tertiary/aromatic N) is 3. The van der Waals surface area contributed by atoms with Gasteiger partial charge in [-0.2, -0.15) is 0 Å². The Balaban J connectivity index is 2.29. The van der Waals surface area contributed by atoms with Gasteiger partial charge in [-0.05, 0) is 17.7 Å². The first-order chi connectivity index (χ1) is 7.16. The molecule has 0 spiro atoms. The predicted molar refractivity (Wildman–Crippen MR) is 62.8 cm³/mol. The van der Waals surface area contributed by atoms with Gasteiger partial charge in [0.2, 0.25) is 0 Å². The van der Waals surface area contributed by atoms with Crippen molar-refractivity contribution in [2.45, 2.75) is 11.7 Å². The zero-order valence-electron chi connectivity index (χ0n) is 7.56. The van der Waals surface area contributed by atoms with E-state index in [2.05, 4.69) is 22.8 Å². The van der Waals surface area contributed by atoms with Crippen molar-refractivity contribution in [1.82, 2.24) is 14.8 Å². The molecule has 0 unspecified atom stereocenters. The summed E-state index contributed by atoms with van der Waals surface area (Å²) in [6.45, 7) is 0.585. The predicted octanol–water partition coefficient (Wildman–Crippen LogP) is 2.92. The highest BCUT2D eigenvalue weighted by Gasteiger charge is 2.04. The van der Waals surface area contributed by atoms with Crippen molar-refractivity contribution in [3.8, 4) is 0 Å². The third-order valence-electron chi connectivity index (χ3n) is 1.95. The van der Waals surface area contributed by atoms with Gasteiger partial charge >= 0.3 is 0 Å². The highest BCUT2D eigenvalue weighted by atomic mass is 35.5. The SMILES string of the molecule is Sc1nncn1Cc1ccc(Cl)cc1Cl. The van der Waals surface area contributed by atoms with Crippen LogP contribution in [-0.4, -0.2) is 14.8 Å². The summed E-state index contributed by atoms with van der Waals surface area (Å²) in [5, 5.41) is 9.31. The van der Waals surface area contributed by atoms with E-state index < -0.39 is 0 Å². The molecule has 0 atom stereocenters. The molecule has 1 aromatic carbocycles. The third kappa shape index (κ3) is 2.45. The number of hydrogen-bond acceptors (Lipinski definition) is 3.